The lowest BCUT2D eigenvalue weighted by Crippen LogP contribution is -2.47. The van der Waals surface area contributed by atoms with Crippen LogP contribution in [0.25, 0.3) is 0 Å². The molecule has 0 heterocycles. The maximum atomic E-state index is 13.6. The summed E-state index contributed by atoms with van der Waals surface area (Å²) in [5.74, 6) is -0.531. The fraction of sp³-hybridized carbons (Fsp3) is 0.802. The van der Waals surface area contributed by atoms with E-state index in [0.29, 0.717) is 17.4 Å². The third-order valence-electron chi connectivity index (χ3n) is 17.3. The molecule has 0 fully saturated rings. The van der Waals surface area contributed by atoms with Gasteiger partial charge in [-0.15, -0.1) is 0 Å². The zero-order chi connectivity index (χ0) is 66.3. The van der Waals surface area contributed by atoms with Crippen molar-refractivity contribution in [3.8, 4) is 0 Å². The number of nitrogens with zero attached hydrogens (tertiary/aromatic N) is 1. The number of nitrogens with one attached hydrogen (secondary N) is 1. The van der Waals surface area contributed by atoms with Crippen molar-refractivity contribution in [1.82, 2.24) is 5.32 Å². The van der Waals surface area contributed by atoms with Gasteiger partial charge in [-0.1, -0.05) is 331 Å². The van der Waals surface area contributed by atoms with Crippen molar-refractivity contribution in [3.05, 3.63) is 85.1 Å². The summed E-state index contributed by atoms with van der Waals surface area (Å²) in [7, 11) is 1.19. The molecule has 0 aliphatic carbocycles. The number of phosphoric acid groups is 1. The standard InChI is InChI=1S/C81H149N2O7P/c1-7-10-13-16-19-22-25-28-30-32-34-36-38-40-41-43-45-47-49-51-53-56-59-62-65-68-71-74-81(85)90-79(72-69-66-63-60-57-54-27-24-21-18-15-12-9-3)78(77-89-91(86,87)88-76-75-83(4,5)6)82-80(84)73-70-67-64-61-58-55-52-50-48-46-44-42-39-37-35-33-31-29-26-23-20-17-14-11-8-2/h19-20,22-23,28-31,34-37,69,72,78-79H,7-18,21,24-27,32-33,38-68,70-71,73-77H2,1-6H3,(H-,82,84,86,87)/b22-19-,23-20-,30-28-,31-29-,36-34-,37-35-,72-69+. The first-order valence-electron chi connectivity index (χ1n) is 38.9. The predicted octanol–water partition coefficient (Wildman–Crippen LogP) is 24.6. The van der Waals surface area contributed by atoms with Crippen LogP contribution in [0.3, 0.4) is 0 Å². The number of hydrogen-bond acceptors (Lipinski definition) is 7. The lowest BCUT2D eigenvalue weighted by atomic mass is 10.0. The van der Waals surface area contributed by atoms with Crippen LogP contribution in [0.2, 0.25) is 0 Å². The van der Waals surface area contributed by atoms with Crippen molar-refractivity contribution in [2.24, 2.45) is 0 Å². The van der Waals surface area contributed by atoms with Crippen LogP contribution in [0.5, 0.6) is 0 Å². The first kappa shape index (κ1) is 88.2. The average molecular weight is 1290 g/mol. The second kappa shape index (κ2) is 70.0. The zero-order valence-electron chi connectivity index (χ0n) is 60.8. The normalized spacial score (nSPS) is 13.9. The number of quaternary nitrogens is 1. The van der Waals surface area contributed by atoms with E-state index in [4.69, 9.17) is 13.8 Å². The second-order valence-electron chi connectivity index (χ2n) is 27.5. The van der Waals surface area contributed by atoms with Gasteiger partial charge in [0.2, 0.25) is 5.91 Å². The minimum atomic E-state index is -4.71. The molecular formula is C81H149N2O7P. The number of carbonyl (C=O) groups is 2. The lowest BCUT2D eigenvalue weighted by Gasteiger charge is -2.30. The molecule has 0 spiro atoms. The Balaban J connectivity index is 4.99. The summed E-state index contributed by atoms with van der Waals surface area (Å²) in [5.41, 5.74) is 0. The lowest BCUT2D eigenvalue weighted by molar-refractivity contribution is -0.870. The number of ether oxygens (including phenoxy) is 1. The fourth-order valence-electron chi connectivity index (χ4n) is 11.3. The van der Waals surface area contributed by atoms with Crippen LogP contribution in [0.15, 0.2) is 85.1 Å². The third-order valence-corrected chi connectivity index (χ3v) is 18.3. The van der Waals surface area contributed by atoms with E-state index >= 15 is 0 Å². The number of unbranched alkanes of at least 4 members (excludes halogenated alkanes) is 43. The highest BCUT2D eigenvalue weighted by Crippen LogP contribution is 2.38. The van der Waals surface area contributed by atoms with Gasteiger partial charge in [-0.3, -0.25) is 14.2 Å². The first-order chi connectivity index (χ1) is 44.4. The summed E-state index contributed by atoms with van der Waals surface area (Å²) < 4.78 is 30.6. The third kappa shape index (κ3) is 71.3. The van der Waals surface area contributed by atoms with Crippen molar-refractivity contribution in [1.29, 1.82) is 0 Å². The molecule has 0 aliphatic heterocycles. The second-order valence-corrected chi connectivity index (χ2v) is 28.9. The molecule has 91 heavy (non-hydrogen) atoms. The Morgan fingerprint density at radius 1 is 0.385 bits per heavy atom. The van der Waals surface area contributed by atoms with Crippen LogP contribution in [-0.2, 0) is 27.9 Å². The van der Waals surface area contributed by atoms with Crippen LogP contribution in [0, 0.1) is 0 Å². The smallest absolute Gasteiger partial charge is 0.306 e. The molecule has 0 aliphatic rings. The van der Waals surface area contributed by atoms with Gasteiger partial charge in [0.05, 0.1) is 33.8 Å². The minimum absolute atomic E-state index is 0.0240. The molecule has 0 saturated carbocycles. The summed E-state index contributed by atoms with van der Waals surface area (Å²) in [4.78, 5) is 40.3. The summed E-state index contributed by atoms with van der Waals surface area (Å²) in [5, 5.41) is 3.05. The van der Waals surface area contributed by atoms with E-state index in [1.807, 2.05) is 33.3 Å². The molecule has 1 amide bonds. The Kier molecular flexibility index (Phi) is 67.8. The van der Waals surface area contributed by atoms with Crippen molar-refractivity contribution in [2.45, 2.75) is 380 Å². The zero-order valence-corrected chi connectivity index (χ0v) is 61.7. The Bertz CT molecular complexity index is 1830. The molecule has 0 saturated heterocycles. The number of hydrogen-bond donors (Lipinski definition) is 1. The van der Waals surface area contributed by atoms with Crippen molar-refractivity contribution in [2.75, 3.05) is 40.9 Å². The van der Waals surface area contributed by atoms with E-state index in [0.717, 1.165) is 83.5 Å². The van der Waals surface area contributed by atoms with Gasteiger partial charge in [0, 0.05) is 12.8 Å². The summed E-state index contributed by atoms with van der Waals surface area (Å²) in [6.45, 7) is 6.84. The highest BCUT2D eigenvalue weighted by Gasteiger charge is 2.27. The van der Waals surface area contributed by atoms with Gasteiger partial charge in [0.15, 0.2) is 0 Å². The van der Waals surface area contributed by atoms with E-state index in [9.17, 15) is 19.0 Å². The van der Waals surface area contributed by atoms with E-state index in [1.165, 1.54) is 250 Å². The van der Waals surface area contributed by atoms with Gasteiger partial charge in [-0.2, -0.15) is 0 Å². The summed E-state index contributed by atoms with van der Waals surface area (Å²) in [6, 6.07) is -0.894. The Morgan fingerprint density at radius 2 is 0.670 bits per heavy atom. The topological polar surface area (TPSA) is 114 Å². The molecule has 9 nitrogen and oxygen atoms in total. The number of allylic oxidation sites excluding steroid dienone is 13. The molecule has 530 valence electrons. The van der Waals surface area contributed by atoms with Crippen LogP contribution in [-0.4, -0.2) is 69.4 Å². The summed E-state index contributed by atoms with van der Waals surface area (Å²) >= 11 is 0. The molecule has 3 unspecified atom stereocenters. The largest absolute Gasteiger partial charge is 0.756 e. The molecular weight excluding hydrogens is 1140 g/mol. The number of likely N-dealkylation sites (N-methyl/N-ethyl adjacent to an activating group) is 1. The van der Waals surface area contributed by atoms with Crippen molar-refractivity contribution >= 4 is 19.7 Å². The SMILES string of the molecule is CCCCC/C=C\C/C=C\C/C=C\CCCCCCCCCCCCCCCCC(=O)OC(/C=C/CCCCCCCCCCCCC)C(COP(=O)([O-])OCC[N+](C)(C)C)NC(=O)CCCCCCCCCCCCCC/C=C\C/C=C\C/C=C\CCCCC. The number of carbonyl (C=O) groups excluding carboxylic acids is 2. The molecule has 10 heteroatoms. The van der Waals surface area contributed by atoms with Crippen LogP contribution in [0.4, 0.5) is 0 Å². The number of phosphoric ester groups is 1. The summed E-state index contributed by atoms with van der Waals surface area (Å²) in [6.07, 6.45) is 94.3. The number of esters is 1. The maximum Gasteiger partial charge on any atom is 0.306 e. The quantitative estimate of drug-likeness (QED) is 0.0212. The fourth-order valence-corrected chi connectivity index (χ4v) is 12.0. The van der Waals surface area contributed by atoms with Gasteiger partial charge >= 0.3 is 5.97 Å². The average Bonchev–Trinajstić information content (AvgIpc) is 3.73. The molecule has 0 aromatic heterocycles. The number of rotatable bonds is 71. The van der Waals surface area contributed by atoms with E-state index < -0.39 is 20.0 Å². The highest BCUT2D eigenvalue weighted by molar-refractivity contribution is 7.45. The van der Waals surface area contributed by atoms with Crippen LogP contribution < -0.4 is 10.2 Å². The molecule has 0 bridgehead atoms. The Labute approximate surface area is 565 Å². The van der Waals surface area contributed by atoms with E-state index in [1.54, 1.807) is 0 Å². The van der Waals surface area contributed by atoms with Gasteiger partial charge < -0.3 is 28.5 Å². The van der Waals surface area contributed by atoms with Gasteiger partial charge in [-0.05, 0) is 109 Å². The molecule has 0 aromatic carbocycles. The maximum absolute atomic E-state index is 13.6. The number of amides is 1. The highest BCUT2D eigenvalue weighted by atomic mass is 31.2. The van der Waals surface area contributed by atoms with Gasteiger partial charge in [0.1, 0.15) is 19.3 Å². The molecule has 1 N–H and O–H groups in total. The van der Waals surface area contributed by atoms with E-state index in [-0.39, 0.29) is 31.5 Å². The minimum Gasteiger partial charge on any atom is -0.756 e. The van der Waals surface area contributed by atoms with Crippen LogP contribution >= 0.6 is 7.82 Å². The van der Waals surface area contributed by atoms with E-state index in [2.05, 4.69) is 99.0 Å². The van der Waals surface area contributed by atoms with Gasteiger partial charge in [0.25, 0.3) is 7.82 Å². The van der Waals surface area contributed by atoms with Crippen molar-refractivity contribution < 1.29 is 37.3 Å². The molecule has 0 rings (SSSR count). The predicted molar refractivity (Wildman–Crippen MR) is 395 cm³/mol. The molecule has 0 aromatic rings. The Hall–Kier alpha value is -2.81. The molecule has 3 atom stereocenters. The van der Waals surface area contributed by atoms with Gasteiger partial charge in [-0.25, -0.2) is 0 Å². The Morgan fingerprint density at radius 3 is 1.02 bits per heavy atom. The monoisotopic (exact) mass is 1290 g/mol. The first-order valence-corrected chi connectivity index (χ1v) is 40.4. The van der Waals surface area contributed by atoms with Crippen LogP contribution in [0.1, 0.15) is 367 Å². The van der Waals surface area contributed by atoms with Crippen molar-refractivity contribution in [3.63, 3.8) is 0 Å². The molecule has 0 radical (unpaired) electrons.